The number of carbonyl (C=O) groups is 2. The molecule has 1 heterocycles. The number of ether oxygens (including phenoxy) is 1. The Balaban J connectivity index is 2.10. The van der Waals surface area contributed by atoms with Crippen LogP contribution in [0.15, 0.2) is 24.3 Å². The fraction of sp³-hybridized carbons (Fsp3) is 0.500. The molecule has 1 saturated heterocycles. The highest BCUT2D eigenvalue weighted by Crippen LogP contribution is 2.20. The molecular formula is C16H21NO3. The summed E-state index contributed by atoms with van der Waals surface area (Å²) in [5.74, 6) is -0.294. The number of rotatable bonds is 3. The van der Waals surface area contributed by atoms with Crippen molar-refractivity contribution >= 4 is 11.9 Å². The number of benzene rings is 1. The lowest BCUT2D eigenvalue weighted by molar-refractivity contribution is -0.154. The van der Waals surface area contributed by atoms with Gasteiger partial charge in [-0.25, -0.2) is 4.79 Å². The van der Waals surface area contributed by atoms with Gasteiger partial charge in [0.2, 0.25) is 5.91 Å². The van der Waals surface area contributed by atoms with E-state index in [1.54, 1.807) is 4.90 Å². The Labute approximate surface area is 119 Å². The van der Waals surface area contributed by atoms with Crippen molar-refractivity contribution in [3.8, 4) is 0 Å². The summed E-state index contributed by atoms with van der Waals surface area (Å²) in [7, 11) is 1.38. The second-order valence-electron chi connectivity index (χ2n) is 5.23. The second kappa shape index (κ2) is 6.55. The van der Waals surface area contributed by atoms with Gasteiger partial charge in [-0.05, 0) is 37.3 Å². The van der Waals surface area contributed by atoms with Gasteiger partial charge in [0, 0.05) is 6.54 Å². The molecule has 1 aliphatic heterocycles. The Kier molecular flexibility index (Phi) is 4.77. The van der Waals surface area contributed by atoms with E-state index in [-0.39, 0.29) is 11.9 Å². The number of carbonyl (C=O) groups excluding carboxylic acids is 2. The largest absolute Gasteiger partial charge is 0.467 e. The van der Waals surface area contributed by atoms with Gasteiger partial charge in [-0.3, -0.25) is 4.79 Å². The lowest BCUT2D eigenvalue weighted by Crippen LogP contribution is -2.49. The van der Waals surface area contributed by atoms with Crippen LogP contribution in [0.25, 0.3) is 0 Å². The quantitative estimate of drug-likeness (QED) is 0.794. The molecule has 1 fully saturated rings. The van der Waals surface area contributed by atoms with Crippen LogP contribution in [0.5, 0.6) is 0 Å². The van der Waals surface area contributed by atoms with E-state index < -0.39 is 6.04 Å². The molecule has 1 aromatic carbocycles. The number of hydrogen-bond acceptors (Lipinski definition) is 3. The van der Waals surface area contributed by atoms with Crippen molar-refractivity contribution in [2.45, 2.75) is 38.6 Å². The minimum Gasteiger partial charge on any atom is -0.467 e. The summed E-state index contributed by atoms with van der Waals surface area (Å²) in [6.07, 6.45) is 2.97. The van der Waals surface area contributed by atoms with Crippen molar-refractivity contribution < 1.29 is 14.3 Å². The summed E-state index contributed by atoms with van der Waals surface area (Å²) >= 11 is 0. The van der Waals surface area contributed by atoms with Gasteiger partial charge >= 0.3 is 5.97 Å². The molecule has 0 aliphatic carbocycles. The fourth-order valence-corrected chi connectivity index (χ4v) is 2.68. The van der Waals surface area contributed by atoms with E-state index in [1.165, 1.54) is 7.11 Å². The summed E-state index contributed by atoms with van der Waals surface area (Å²) in [4.78, 5) is 25.9. The van der Waals surface area contributed by atoms with Crippen molar-refractivity contribution in [1.29, 1.82) is 0 Å². The van der Waals surface area contributed by atoms with E-state index in [2.05, 4.69) is 0 Å². The third kappa shape index (κ3) is 3.18. The van der Waals surface area contributed by atoms with Crippen molar-refractivity contribution in [3.05, 3.63) is 35.4 Å². The molecule has 1 aromatic rings. The van der Waals surface area contributed by atoms with E-state index >= 15 is 0 Å². The number of hydrogen-bond donors (Lipinski definition) is 0. The Morgan fingerprint density at radius 1 is 1.30 bits per heavy atom. The first-order chi connectivity index (χ1) is 9.63. The summed E-state index contributed by atoms with van der Waals surface area (Å²) in [5, 5.41) is 0. The van der Waals surface area contributed by atoms with Crippen molar-refractivity contribution in [2.24, 2.45) is 0 Å². The van der Waals surface area contributed by atoms with Crippen molar-refractivity contribution in [2.75, 3.05) is 13.7 Å². The molecule has 4 heteroatoms. The average Bonchev–Trinajstić information content (AvgIpc) is 2.48. The highest BCUT2D eigenvalue weighted by molar-refractivity contribution is 5.86. The zero-order valence-electron chi connectivity index (χ0n) is 12.1. The van der Waals surface area contributed by atoms with Gasteiger partial charge < -0.3 is 9.64 Å². The topological polar surface area (TPSA) is 46.6 Å². The molecule has 20 heavy (non-hydrogen) atoms. The van der Waals surface area contributed by atoms with E-state index in [4.69, 9.17) is 4.74 Å². The van der Waals surface area contributed by atoms with E-state index in [0.717, 1.165) is 24.0 Å². The van der Waals surface area contributed by atoms with Gasteiger partial charge in [-0.1, -0.05) is 24.3 Å². The zero-order chi connectivity index (χ0) is 14.5. The van der Waals surface area contributed by atoms with Crippen LogP contribution in [0.3, 0.4) is 0 Å². The van der Waals surface area contributed by atoms with Gasteiger partial charge in [0.15, 0.2) is 0 Å². The molecule has 1 amide bonds. The molecule has 4 nitrogen and oxygen atoms in total. The summed E-state index contributed by atoms with van der Waals surface area (Å²) in [5.41, 5.74) is 2.12. The first-order valence-corrected chi connectivity index (χ1v) is 7.05. The Morgan fingerprint density at radius 3 is 2.75 bits per heavy atom. The molecule has 2 rings (SSSR count). The maximum atomic E-state index is 12.5. The van der Waals surface area contributed by atoms with Gasteiger partial charge in [0.05, 0.1) is 13.5 Å². The minimum absolute atomic E-state index is 0.00870. The first kappa shape index (κ1) is 14.6. The number of aryl methyl sites for hydroxylation is 1. The third-order valence-corrected chi connectivity index (χ3v) is 3.90. The molecule has 0 spiro atoms. The predicted molar refractivity (Wildman–Crippen MR) is 76.3 cm³/mol. The average molecular weight is 275 g/mol. The Hall–Kier alpha value is -1.84. The predicted octanol–water partition coefficient (Wildman–Crippen LogP) is 2.09. The first-order valence-electron chi connectivity index (χ1n) is 7.05. The van der Waals surface area contributed by atoms with Gasteiger partial charge in [0.25, 0.3) is 0 Å². The molecule has 1 unspecified atom stereocenters. The third-order valence-electron chi connectivity index (χ3n) is 3.90. The monoisotopic (exact) mass is 275 g/mol. The Bertz CT molecular complexity index is 498. The number of likely N-dealkylation sites (tertiary alicyclic amines) is 1. The molecule has 0 bridgehead atoms. The number of amides is 1. The van der Waals surface area contributed by atoms with Crippen molar-refractivity contribution in [1.82, 2.24) is 4.90 Å². The molecule has 0 N–H and O–H groups in total. The van der Waals surface area contributed by atoms with E-state index in [0.29, 0.717) is 19.4 Å². The maximum absolute atomic E-state index is 12.5. The Morgan fingerprint density at radius 2 is 2.05 bits per heavy atom. The molecule has 0 aromatic heterocycles. The molecule has 108 valence electrons. The van der Waals surface area contributed by atoms with Crippen molar-refractivity contribution in [3.63, 3.8) is 0 Å². The van der Waals surface area contributed by atoms with E-state index in [1.807, 2.05) is 31.2 Å². The number of methoxy groups -OCH3 is 1. The van der Waals surface area contributed by atoms with Crippen LogP contribution in [-0.2, 0) is 20.7 Å². The van der Waals surface area contributed by atoms with Gasteiger partial charge in [-0.15, -0.1) is 0 Å². The summed E-state index contributed by atoms with van der Waals surface area (Å²) in [6, 6.07) is 7.44. The standard InChI is InChI=1S/C16H21NO3/c1-12-7-3-4-8-13(12)11-15(18)17-10-6-5-9-14(17)16(19)20-2/h3-4,7-8,14H,5-6,9-11H2,1-2H3. The maximum Gasteiger partial charge on any atom is 0.328 e. The van der Waals surface area contributed by atoms with E-state index in [9.17, 15) is 9.59 Å². The number of piperidine rings is 1. The second-order valence-corrected chi connectivity index (χ2v) is 5.23. The molecule has 1 atom stereocenters. The normalized spacial score (nSPS) is 18.7. The van der Waals surface area contributed by atoms with Gasteiger partial charge in [0.1, 0.15) is 6.04 Å². The SMILES string of the molecule is COC(=O)C1CCCCN1C(=O)Cc1ccccc1C. The van der Waals surface area contributed by atoms with Crippen LogP contribution < -0.4 is 0 Å². The number of esters is 1. The van der Waals surface area contributed by atoms with Crippen LogP contribution in [-0.4, -0.2) is 36.5 Å². The molecule has 0 radical (unpaired) electrons. The summed E-state index contributed by atoms with van der Waals surface area (Å²) < 4.78 is 4.81. The van der Waals surface area contributed by atoms with Crippen LogP contribution in [0.1, 0.15) is 30.4 Å². The highest BCUT2D eigenvalue weighted by Gasteiger charge is 2.32. The smallest absolute Gasteiger partial charge is 0.328 e. The fourth-order valence-electron chi connectivity index (χ4n) is 2.68. The zero-order valence-corrected chi connectivity index (χ0v) is 12.1. The minimum atomic E-state index is -0.412. The molecule has 1 aliphatic rings. The van der Waals surface area contributed by atoms with Crippen LogP contribution in [0.2, 0.25) is 0 Å². The molecule has 0 saturated carbocycles. The number of nitrogens with zero attached hydrogens (tertiary/aromatic N) is 1. The highest BCUT2D eigenvalue weighted by atomic mass is 16.5. The lowest BCUT2D eigenvalue weighted by Gasteiger charge is -2.34. The van der Waals surface area contributed by atoms with Crippen LogP contribution >= 0.6 is 0 Å². The lowest BCUT2D eigenvalue weighted by atomic mass is 9.99. The molecular weight excluding hydrogens is 254 g/mol. The van der Waals surface area contributed by atoms with Crippen LogP contribution in [0, 0.1) is 6.92 Å². The summed E-state index contributed by atoms with van der Waals surface area (Å²) in [6.45, 7) is 2.64. The van der Waals surface area contributed by atoms with Crippen LogP contribution in [0.4, 0.5) is 0 Å². The van der Waals surface area contributed by atoms with Gasteiger partial charge in [-0.2, -0.15) is 0 Å².